The van der Waals surface area contributed by atoms with E-state index in [1.54, 1.807) is 0 Å². The third-order valence-electron chi connectivity index (χ3n) is 2.93. The molecule has 13 heavy (non-hydrogen) atoms. The summed E-state index contributed by atoms with van der Waals surface area (Å²) in [4.78, 5) is 0. The van der Waals surface area contributed by atoms with Crippen molar-refractivity contribution >= 4 is 0 Å². The number of piperidine rings is 1. The first-order chi connectivity index (χ1) is 6.16. The van der Waals surface area contributed by atoms with Crippen LogP contribution in [0.25, 0.3) is 0 Å². The zero-order valence-corrected chi connectivity index (χ0v) is 8.77. The molecule has 1 atom stereocenters. The fraction of sp³-hybridized carbons (Fsp3) is 1.00. The van der Waals surface area contributed by atoms with Crippen molar-refractivity contribution in [1.29, 1.82) is 0 Å². The number of hydrogen-bond acceptors (Lipinski definition) is 3. The highest BCUT2D eigenvalue weighted by Gasteiger charge is 2.28. The molecule has 3 heteroatoms. The van der Waals surface area contributed by atoms with E-state index in [0.29, 0.717) is 6.04 Å². The number of nitrogens with one attached hydrogen (secondary N) is 2. The summed E-state index contributed by atoms with van der Waals surface area (Å²) in [5, 5.41) is 16.7. The van der Waals surface area contributed by atoms with E-state index >= 15 is 0 Å². The second-order valence-corrected chi connectivity index (χ2v) is 4.16. The van der Waals surface area contributed by atoms with E-state index in [0.717, 1.165) is 38.9 Å². The highest BCUT2D eigenvalue weighted by Crippen LogP contribution is 2.16. The van der Waals surface area contributed by atoms with Gasteiger partial charge in [0.2, 0.25) is 0 Å². The fourth-order valence-corrected chi connectivity index (χ4v) is 1.58. The lowest BCUT2D eigenvalue weighted by atomic mass is 9.92. The van der Waals surface area contributed by atoms with Crippen LogP contribution in [0, 0.1) is 0 Å². The lowest BCUT2D eigenvalue weighted by Gasteiger charge is -2.33. The quantitative estimate of drug-likeness (QED) is 0.598. The molecule has 1 aliphatic heterocycles. The molecule has 78 valence electrons. The number of rotatable bonds is 4. The minimum atomic E-state index is -0.464. The van der Waals surface area contributed by atoms with Gasteiger partial charge >= 0.3 is 0 Å². The molecule has 1 unspecified atom stereocenters. The maximum absolute atomic E-state index is 10.1. The van der Waals surface area contributed by atoms with E-state index in [-0.39, 0.29) is 0 Å². The van der Waals surface area contributed by atoms with Crippen LogP contribution in [0.15, 0.2) is 0 Å². The molecular weight excluding hydrogens is 164 g/mol. The molecule has 3 nitrogen and oxygen atoms in total. The van der Waals surface area contributed by atoms with Gasteiger partial charge in [0.1, 0.15) is 0 Å². The van der Waals surface area contributed by atoms with Crippen molar-refractivity contribution in [3.05, 3.63) is 0 Å². The second kappa shape index (κ2) is 4.94. The summed E-state index contributed by atoms with van der Waals surface area (Å²) in [7, 11) is 0. The van der Waals surface area contributed by atoms with Crippen LogP contribution in [0.2, 0.25) is 0 Å². The summed E-state index contributed by atoms with van der Waals surface area (Å²) < 4.78 is 0. The van der Waals surface area contributed by atoms with E-state index in [9.17, 15) is 5.11 Å². The van der Waals surface area contributed by atoms with Crippen molar-refractivity contribution in [3.63, 3.8) is 0 Å². The maximum atomic E-state index is 10.1. The van der Waals surface area contributed by atoms with Crippen LogP contribution in [0.1, 0.15) is 33.1 Å². The van der Waals surface area contributed by atoms with Crippen LogP contribution in [-0.2, 0) is 0 Å². The largest absolute Gasteiger partial charge is 0.388 e. The number of hydrogen-bond donors (Lipinski definition) is 3. The molecule has 1 rings (SSSR count). The third kappa shape index (κ3) is 3.63. The summed E-state index contributed by atoms with van der Waals surface area (Å²) in [5.41, 5.74) is -0.464. The standard InChI is InChI=1S/C10H22N2O/c1-3-9(2)12-8-10(13)4-6-11-7-5-10/h9,11-13H,3-8H2,1-2H3. The lowest BCUT2D eigenvalue weighted by Crippen LogP contribution is -2.50. The van der Waals surface area contributed by atoms with Crippen LogP contribution in [0.3, 0.4) is 0 Å². The van der Waals surface area contributed by atoms with Gasteiger partial charge in [-0.3, -0.25) is 0 Å². The summed E-state index contributed by atoms with van der Waals surface area (Å²) in [6.45, 7) is 6.94. The first kappa shape index (κ1) is 11.0. The molecule has 0 radical (unpaired) electrons. The third-order valence-corrected chi connectivity index (χ3v) is 2.93. The van der Waals surface area contributed by atoms with Crippen LogP contribution >= 0.6 is 0 Å². The summed E-state index contributed by atoms with van der Waals surface area (Å²) >= 11 is 0. The predicted molar refractivity (Wildman–Crippen MR) is 54.8 cm³/mol. The lowest BCUT2D eigenvalue weighted by molar-refractivity contribution is 0.00917. The summed E-state index contributed by atoms with van der Waals surface area (Å²) in [6, 6.07) is 0.513. The van der Waals surface area contributed by atoms with Crippen molar-refractivity contribution in [2.24, 2.45) is 0 Å². The van der Waals surface area contributed by atoms with Gasteiger partial charge < -0.3 is 15.7 Å². The predicted octanol–water partition coefficient (Wildman–Crippen LogP) is 0.489. The summed E-state index contributed by atoms with van der Waals surface area (Å²) in [6.07, 6.45) is 2.86. The minimum absolute atomic E-state index is 0.464. The van der Waals surface area contributed by atoms with Gasteiger partial charge in [0.15, 0.2) is 0 Å². The van der Waals surface area contributed by atoms with Crippen molar-refractivity contribution < 1.29 is 5.11 Å². The molecule has 0 spiro atoms. The maximum Gasteiger partial charge on any atom is 0.0795 e. The molecule has 0 amide bonds. The summed E-state index contributed by atoms with van der Waals surface area (Å²) in [5.74, 6) is 0. The molecular formula is C10H22N2O. The van der Waals surface area contributed by atoms with E-state index < -0.39 is 5.60 Å². The molecule has 0 aromatic carbocycles. The Kier molecular flexibility index (Phi) is 4.16. The van der Waals surface area contributed by atoms with Crippen molar-refractivity contribution in [2.45, 2.75) is 44.8 Å². The zero-order valence-electron chi connectivity index (χ0n) is 8.77. The minimum Gasteiger partial charge on any atom is -0.388 e. The van der Waals surface area contributed by atoms with Crippen molar-refractivity contribution in [1.82, 2.24) is 10.6 Å². The molecule has 0 aliphatic carbocycles. The molecule has 0 aromatic heterocycles. The smallest absolute Gasteiger partial charge is 0.0795 e. The fourth-order valence-electron chi connectivity index (χ4n) is 1.58. The normalized spacial score (nSPS) is 24.2. The van der Waals surface area contributed by atoms with Crippen LogP contribution in [0.5, 0.6) is 0 Å². The second-order valence-electron chi connectivity index (χ2n) is 4.16. The molecule has 0 saturated carbocycles. The van der Waals surface area contributed by atoms with Gasteiger partial charge in [-0.1, -0.05) is 6.92 Å². The first-order valence-electron chi connectivity index (χ1n) is 5.33. The Morgan fingerprint density at radius 2 is 2.08 bits per heavy atom. The van der Waals surface area contributed by atoms with E-state index in [4.69, 9.17) is 0 Å². The Bertz CT molecular complexity index is 144. The monoisotopic (exact) mass is 186 g/mol. The topological polar surface area (TPSA) is 44.3 Å². The Morgan fingerprint density at radius 1 is 1.46 bits per heavy atom. The Labute approximate surface area is 80.9 Å². The van der Waals surface area contributed by atoms with Gasteiger partial charge in [-0.2, -0.15) is 0 Å². The van der Waals surface area contributed by atoms with E-state index in [1.807, 2.05) is 0 Å². The van der Waals surface area contributed by atoms with Gasteiger partial charge in [-0.15, -0.1) is 0 Å². The Balaban J connectivity index is 2.24. The van der Waals surface area contributed by atoms with Crippen LogP contribution < -0.4 is 10.6 Å². The Hall–Kier alpha value is -0.120. The highest BCUT2D eigenvalue weighted by atomic mass is 16.3. The van der Waals surface area contributed by atoms with Crippen LogP contribution in [0.4, 0.5) is 0 Å². The van der Waals surface area contributed by atoms with E-state index in [2.05, 4.69) is 24.5 Å². The SMILES string of the molecule is CCC(C)NCC1(O)CCNCC1. The van der Waals surface area contributed by atoms with Crippen molar-refractivity contribution in [2.75, 3.05) is 19.6 Å². The van der Waals surface area contributed by atoms with Gasteiger partial charge in [-0.05, 0) is 39.3 Å². The molecule has 3 N–H and O–H groups in total. The Morgan fingerprint density at radius 3 is 2.62 bits per heavy atom. The van der Waals surface area contributed by atoms with Gasteiger partial charge in [0.25, 0.3) is 0 Å². The average molecular weight is 186 g/mol. The molecule has 1 fully saturated rings. The molecule has 1 aliphatic rings. The zero-order chi connectivity index (χ0) is 9.73. The van der Waals surface area contributed by atoms with Crippen molar-refractivity contribution in [3.8, 4) is 0 Å². The highest BCUT2D eigenvalue weighted by molar-refractivity contribution is 4.86. The van der Waals surface area contributed by atoms with Gasteiger partial charge in [-0.25, -0.2) is 0 Å². The van der Waals surface area contributed by atoms with Gasteiger partial charge in [0.05, 0.1) is 5.60 Å². The van der Waals surface area contributed by atoms with Crippen LogP contribution in [-0.4, -0.2) is 36.4 Å². The average Bonchev–Trinajstić information content (AvgIpc) is 2.15. The van der Waals surface area contributed by atoms with Gasteiger partial charge in [0, 0.05) is 12.6 Å². The first-order valence-corrected chi connectivity index (χ1v) is 5.33. The van der Waals surface area contributed by atoms with E-state index in [1.165, 1.54) is 0 Å². The molecule has 0 bridgehead atoms. The molecule has 0 aromatic rings. The number of aliphatic hydroxyl groups is 1. The molecule has 1 heterocycles. The molecule has 1 saturated heterocycles.